The Kier molecular flexibility index (Phi) is 5.56. The fraction of sp³-hybridized carbons (Fsp3) is 0.500. The van der Waals surface area contributed by atoms with Gasteiger partial charge in [-0.05, 0) is 24.5 Å². The van der Waals surface area contributed by atoms with Crippen molar-refractivity contribution in [1.29, 1.82) is 0 Å². The van der Waals surface area contributed by atoms with Crippen molar-refractivity contribution in [2.24, 2.45) is 5.92 Å². The molecule has 2 aromatic heterocycles. The van der Waals surface area contributed by atoms with E-state index >= 15 is 0 Å². The van der Waals surface area contributed by atoms with Crippen molar-refractivity contribution >= 4 is 16.5 Å². The van der Waals surface area contributed by atoms with E-state index in [1.807, 2.05) is 23.7 Å². The van der Waals surface area contributed by atoms with Crippen molar-refractivity contribution in [3.05, 3.63) is 34.1 Å². The fourth-order valence-corrected chi connectivity index (χ4v) is 2.86. The quantitative estimate of drug-likeness (QED) is 0.791. The van der Waals surface area contributed by atoms with Gasteiger partial charge in [0.15, 0.2) is 5.13 Å². The molecule has 1 N–H and O–H groups in total. The van der Waals surface area contributed by atoms with Crippen LogP contribution in [0.5, 0.6) is 0 Å². The van der Waals surface area contributed by atoms with E-state index in [-0.39, 0.29) is 5.56 Å². The lowest BCUT2D eigenvalue weighted by atomic mass is 10.2. The van der Waals surface area contributed by atoms with Gasteiger partial charge in [0.25, 0.3) is 5.56 Å². The third-order valence-corrected chi connectivity index (χ3v) is 3.97. The van der Waals surface area contributed by atoms with Crippen LogP contribution in [0, 0.1) is 5.92 Å². The average Bonchev–Trinajstić information content (AvgIpc) is 2.90. The summed E-state index contributed by atoms with van der Waals surface area (Å²) in [5.74, 6) is 0.444. The first-order valence-corrected chi connectivity index (χ1v) is 8.39. The zero-order chi connectivity index (χ0) is 15.2. The number of anilines is 1. The van der Waals surface area contributed by atoms with E-state index in [0.29, 0.717) is 11.5 Å². The molecule has 21 heavy (non-hydrogen) atoms. The number of aromatic nitrogens is 2. The largest absolute Gasteiger partial charge is 0.362 e. The molecular formula is C16H23N3OS. The zero-order valence-corrected chi connectivity index (χ0v) is 13.7. The summed E-state index contributed by atoms with van der Waals surface area (Å²) < 4.78 is 1.77. The number of thiazole rings is 1. The molecule has 114 valence electrons. The van der Waals surface area contributed by atoms with Crippen molar-refractivity contribution < 1.29 is 0 Å². The van der Waals surface area contributed by atoms with E-state index in [1.165, 1.54) is 0 Å². The van der Waals surface area contributed by atoms with Crippen molar-refractivity contribution in [1.82, 2.24) is 9.55 Å². The summed E-state index contributed by atoms with van der Waals surface area (Å²) in [4.78, 5) is 17.0. The van der Waals surface area contributed by atoms with Crippen LogP contribution in [0.3, 0.4) is 0 Å². The Bertz CT molecular complexity index is 630. The van der Waals surface area contributed by atoms with Crippen molar-refractivity contribution in [3.63, 3.8) is 0 Å². The summed E-state index contributed by atoms with van der Waals surface area (Å²) >= 11 is 1.55. The fourth-order valence-electron chi connectivity index (χ4n) is 2.12. The standard InChI is InChI=1S/C16H23N3OS/c1-4-5-8-17-16-18-14(11-21-16)13-7-6-9-19(15(13)20)10-12(2)3/h6-7,9,11-12H,4-5,8,10H2,1-3H3,(H,17,18). The number of hydrogen-bond donors (Lipinski definition) is 1. The monoisotopic (exact) mass is 305 g/mol. The Morgan fingerprint density at radius 3 is 2.95 bits per heavy atom. The Morgan fingerprint density at radius 1 is 1.43 bits per heavy atom. The van der Waals surface area contributed by atoms with Crippen molar-refractivity contribution in [2.75, 3.05) is 11.9 Å². The maximum atomic E-state index is 12.5. The lowest BCUT2D eigenvalue weighted by molar-refractivity contribution is 0.511. The van der Waals surface area contributed by atoms with Gasteiger partial charge in [-0.2, -0.15) is 0 Å². The predicted octanol–water partition coefficient (Wildman–Crippen LogP) is 3.84. The van der Waals surface area contributed by atoms with Crippen LogP contribution in [0.25, 0.3) is 11.3 Å². The van der Waals surface area contributed by atoms with Crippen molar-refractivity contribution in [2.45, 2.75) is 40.2 Å². The SMILES string of the molecule is CCCCNc1nc(-c2cccn(CC(C)C)c2=O)cs1. The van der Waals surface area contributed by atoms with E-state index in [4.69, 9.17) is 0 Å². The van der Waals surface area contributed by atoms with Gasteiger partial charge in [-0.25, -0.2) is 4.98 Å². The van der Waals surface area contributed by atoms with Gasteiger partial charge >= 0.3 is 0 Å². The highest BCUT2D eigenvalue weighted by atomic mass is 32.1. The van der Waals surface area contributed by atoms with E-state index in [9.17, 15) is 4.79 Å². The van der Waals surface area contributed by atoms with Gasteiger partial charge in [-0.3, -0.25) is 4.79 Å². The lowest BCUT2D eigenvalue weighted by Crippen LogP contribution is -2.23. The van der Waals surface area contributed by atoms with Crippen LogP contribution in [0.4, 0.5) is 5.13 Å². The van der Waals surface area contributed by atoms with E-state index < -0.39 is 0 Å². The molecule has 0 atom stereocenters. The molecule has 0 unspecified atom stereocenters. The van der Waals surface area contributed by atoms with E-state index in [0.717, 1.165) is 36.8 Å². The summed E-state index contributed by atoms with van der Waals surface area (Å²) in [7, 11) is 0. The van der Waals surface area contributed by atoms with Crippen LogP contribution in [0.1, 0.15) is 33.6 Å². The van der Waals surface area contributed by atoms with Gasteiger partial charge in [-0.1, -0.05) is 27.2 Å². The number of unbranched alkanes of at least 4 members (excludes halogenated alkanes) is 1. The minimum absolute atomic E-state index is 0.0385. The molecule has 0 radical (unpaired) electrons. The molecule has 0 bridgehead atoms. The topological polar surface area (TPSA) is 46.9 Å². The summed E-state index contributed by atoms with van der Waals surface area (Å²) in [6, 6.07) is 3.77. The van der Waals surface area contributed by atoms with Crippen LogP contribution in [-0.4, -0.2) is 16.1 Å². The molecule has 2 heterocycles. The Labute approximate surface area is 129 Å². The molecule has 0 saturated carbocycles. The third kappa shape index (κ3) is 4.17. The average molecular weight is 305 g/mol. The molecule has 0 fully saturated rings. The molecule has 0 aliphatic rings. The van der Waals surface area contributed by atoms with Crippen LogP contribution in [-0.2, 0) is 6.54 Å². The molecule has 0 amide bonds. The van der Waals surface area contributed by atoms with E-state index in [1.54, 1.807) is 15.9 Å². The second-order valence-corrected chi connectivity index (χ2v) is 6.45. The summed E-state index contributed by atoms with van der Waals surface area (Å²) in [6.45, 7) is 8.04. The van der Waals surface area contributed by atoms with Crippen molar-refractivity contribution in [3.8, 4) is 11.3 Å². The molecule has 2 rings (SSSR count). The second kappa shape index (κ2) is 7.41. The van der Waals surface area contributed by atoms with Gasteiger partial charge in [0.05, 0.1) is 11.3 Å². The summed E-state index contributed by atoms with van der Waals surface area (Å²) in [6.07, 6.45) is 4.13. The van der Waals surface area contributed by atoms with Gasteiger partial charge in [-0.15, -0.1) is 11.3 Å². The molecular weight excluding hydrogens is 282 g/mol. The minimum atomic E-state index is 0.0385. The first-order chi connectivity index (χ1) is 10.1. The highest BCUT2D eigenvalue weighted by Gasteiger charge is 2.10. The highest BCUT2D eigenvalue weighted by molar-refractivity contribution is 7.14. The number of hydrogen-bond acceptors (Lipinski definition) is 4. The maximum absolute atomic E-state index is 12.5. The molecule has 5 heteroatoms. The summed E-state index contributed by atoms with van der Waals surface area (Å²) in [5.41, 5.74) is 1.48. The Balaban J connectivity index is 2.20. The lowest BCUT2D eigenvalue weighted by Gasteiger charge is -2.09. The molecule has 0 aliphatic carbocycles. The smallest absolute Gasteiger partial charge is 0.260 e. The molecule has 0 aliphatic heterocycles. The first kappa shape index (κ1) is 15.8. The van der Waals surface area contributed by atoms with Crippen LogP contribution in [0.2, 0.25) is 0 Å². The van der Waals surface area contributed by atoms with Gasteiger partial charge in [0.2, 0.25) is 0 Å². The predicted molar refractivity (Wildman–Crippen MR) is 90.0 cm³/mol. The van der Waals surface area contributed by atoms with E-state index in [2.05, 4.69) is 31.1 Å². The molecule has 4 nitrogen and oxygen atoms in total. The highest BCUT2D eigenvalue weighted by Crippen LogP contribution is 2.22. The molecule has 0 aromatic carbocycles. The normalized spacial score (nSPS) is 11.0. The number of pyridine rings is 1. The molecule has 0 spiro atoms. The Morgan fingerprint density at radius 2 is 2.24 bits per heavy atom. The Hall–Kier alpha value is -1.62. The minimum Gasteiger partial charge on any atom is -0.362 e. The van der Waals surface area contributed by atoms with Gasteiger partial charge in [0.1, 0.15) is 0 Å². The number of nitrogens with zero attached hydrogens (tertiary/aromatic N) is 2. The van der Waals surface area contributed by atoms with Gasteiger partial charge < -0.3 is 9.88 Å². The number of rotatable bonds is 7. The molecule has 2 aromatic rings. The second-order valence-electron chi connectivity index (χ2n) is 5.59. The van der Waals surface area contributed by atoms with Gasteiger partial charge in [0, 0.05) is 24.7 Å². The van der Waals surface area contributed by atoms with Crippen LogP contribution < -0.4 is 10.9 Å². The molecule has 0 saturated heterocycles. The van der Waals surface area contributed by atoms with Crippen LogP contribution in [0.15, 0.2) is 28.5 Å². The first-order valence-electron chi connectivity index (χ1n) is 7.51. The maximum Gasteiger partial charge on any atom is 0.260 e. The summed E-state index contributed by atoms with van der Waals surface area (Å²) in [5, 5.41) is 6.14. The number of nitrogens with one attached hydrogen (secondary N) is 1. The van der Waals surface area contributed by atoms with Crippen LogP contribution >= 0.6 is 11.3 Å². The zero-order valence-electron chi connectivity index (χ0n) is 12.9. The third-order valence-electron chi connectivity index (χ3n) is 3.17.